The number of nitrogen functional groups attached to an aromatic ring is 1. The molecular weight excluding hydrogens is 228 g/mol. The molecule has 0 saturated heterocycles. The molecule has 0 aliphatic carbocycles. The molecule has 1 aromatic rings. The molecule has 1 rings (SSSR count). The van der Waals surface area contributed by atoms with E-state index in [2.05, 4.69) is 12.0 Å². The van der Waals surface area contributed by atoms with E-state index in [1.54, 1.807) is 11.7 Å². The van der Waals surface area contributed by atoms with Crippen molar-refractivity contribution in [3.8, 4) is 0 Å². The van der Waals surface area contributed by atoms with Gasteiger partial charge in [-0.25, -0.2) is 0 Å². The zero-order valence-corrected chi connectivity index (χ0v) is 11.9. The van der Waals surface area contributed by atoms with E-state index in [4.69, 9.17) is 5.73 Å². The van der Waals surface area contributed by atoms with E-state index >= 15 is 0 Å². The molecule has 0 spiro atoms. The number of nitrogens with two attached hydrogens (primary N) is 1. The van der Waals surface area contributed by atoms with Gasteiger partial charge in [-0.05, 0) is 19.8 Å². The fraction of sp³-hybridized carbons (Fsp3) is 0.692. The number of hydrogen-bond acceptors (Lipinski definition) is 3. The van der Waals surface area contributed by atoms with Crippen LogP contribution >= 0.6 is 0 Å². The van der Waals surface area contributed by atoms with E-state index in [0.717, 1.165) is 31.5 Å². The molecule has 0 unspecified atom stereocenters. The quantitative estimate of drug-likeness (QED) is 0.840. The van der Waals surface area contributed by atoms with Crippen LogP contribution in [-0.2, 0) is 13.5 Å². The average molecular weight is 252 g/mol. The van der Waals surface area contributed by atoms with E-state index in [1.807, 2.05) is 18.7 Å². The Morgan fingerprint density at radius 2 is 2.06 bits per heavy atom. The van der Waals surface area contributed by atoms with Crippen molar-refractivity contribution >= 4 is 11.6 Å². The minimum atomic E-state index is -0.0156. The highest BCUT2D eigenvalue weighted by molar-refractivity contribution is 5.98. The van der Waals surface area contributed by atoms with Crippen LogP contribution in [0, 0.1) is 0 Å². The zero-order valence-electron chi connectivity index (χ0n) is 11.9. The lowest BCUT2D eigenvalue weighted by atomic mass is 10.2. The Labute approximate surface area is 109 Å². The topological polar surface area (TPSA) is 64.2 Å². The van der Waals surface area contributed by atoms with Crippen molar-refractivity contribution in [1.82, 2.24) is 14.7 Å². The first-order valence-electron chi connectivity index (χ1n) is 6.67. The second-order valence-corrected chi connectivity index (χ2v) is 4.42. The molecule has 5 heteroatoms. The lowest BCUT2D eigenvalue weighted by Gasteiger charge is -2.20. The minimum Gasteiger partial charge on any atom is -0.395 e. The van der Waals surface area contributed by atoms with Crippen LogP contribution in [0.15, 0.2) is 0 Å². The van der Waals surface area contributed by atoms with Crippen LogP contribution in [0.1, 0.15) is 49.8 Å². The number of hydrogen-bond donors (Lipinski definition) is 1. The third kappa shape index (κ3) is 2.83. The molecule has 2 N–H and O–H groups in total. The number of carbonyl (C=O) groups is 1. The van der Waals surface area contributed by atoms with E-state index in [1.165, 1.54) is 0 Å². The van der Waals surface area contributed by atoms with Crippen molar-refractivity contribution in [2.75, 3.05) is 18.8 Å². The zero-order chi connectivity index (χ0) is 13.7. The van der Waals surface area contributed by atoms with Crippen LogP contribution in [0.25, 0.3) is 0 Å². The maximum absolute atomic E-state index is 12.4. The summed E-state index contributed by atoms with van der Waals surface area (Å²) in [4.78, 5) is 14.3. The van der Waals surface area contributed by atoms with Gasteiger partial charge in [0.25, 0.3) is 5.91 Å². The van der Waals surface area contributed by atoms with Gasteiger partial charge < -0.3 is 10.6 Å². The minimum absolute atomic E-state index is 0.0156. The smallest absolute Gasteiger partial charge is 0.274 e. The molecule has 0 aromatic carbocycles. The standard InChI is InChI=1S/C13H24N4O/c1-5-8-9-17(7-3)13(18)12-11(14)10(6-2)15-16(12)4/h5-9,14H2,1-4H3. The fourth-order valence-corrected chi connectivity index (χ4v) is 2.01. The van der Waals surface area contributed by atoms with Crippen molar-refractivity contribution in [2.24, 2.45) is 7.05 Å². The predicted molar refractivity (Wildman–Crippen MR) is 73.5 cm³/mol. The Balaban J connectivity index is 2.98. The van der Waals surface area contributed by atoms with Crippen molar-refractivity contribution in [2.45, 2.75) is 40.0 Å². The molecule has 0 atom stereocenters. The maximum Gasteiger partial charge on any atom is 0.274 e. The summed E-state index contributed by atoms with van der Waals surface area (Å²) in [6, 6.07) is 0. The van der Waals surface area contributed by atoms with Crippen molar-refractivity contribution in [3.05, 3.63) is 11.4 Å². The van der Waals surface area contributed by atoms with Crippen LogP contribution < -0.4 is 5.73 Å². The molecule has 1 heterocycles. The molecule has 0 radical (unpaired) electrons. The van der Waals surface area contributed by atoms with E-state index in [9.17, 15) is 4.79 Å². The summed E-state index contributed by atoms with van der Waals surface area (Å²) >= 11 is 0. The van der Waals surface area contributed by atoms with E-state index < -0.39 is 0 Å². The van der Waals surface area contributed by atoms with Gasteiger partial charge in [-0.2, -0.15) is 5.10 Å². The molecule has 1 amide bonds. The maximum atomic E-state index is 12.4. The van der Waals surface area contributed by atoms with Crippen molar-refractivity contribution in [1.29, 1.82) is 0 Å². The fourth-order valence-electron chi connectivity index (χ4n) is 2.01. The first-order valence-corrected chi connectivity index (χ1v) is 6.67. The van der Waals surface area contributed by atoms with Crippen LogP contribution in [0.3, 0.4) is 0 Å². The third-order valence-corrected chi connectivity index (χ3v) is 3.15. The lowest BCUT2D eigenvalue weighted by molar-refractivity contribution is 0.0752. The molecule has 0 saturated carbocycles. The van der Waals surface area contributed by atoms with Gasteiger partial charge in [0.15, 0.2) is 0 Å². The summed E-state index contributed by atoms with van der Waals surface area (Å²) in [6.07, 6.45) is 2.83. The summed E-state index contributed by atoms with van der Waals surface area (Å²) in [6.45, 7) is 7.57. The van der Waals surface area contributed by atoms with Crippen LogP contribution in [0.5, 0.6) is 0 Å². The second-order valence-electron chi connectivity index (χ2n) is 4.42. The van der Waals surface area contributed by atoms with Gasteiger partial charge in [-0.15, -0.1) is 0 Å². The summed E-state index contributed by atoms with van der Waals surface area (Å²) < 4.78 is 1.60. The monoisotopic (exact) mass is 252 g/mol. The Morgan fingerprint density at radius 1 is 1.39 bits per heavy atom. The first kappa shape index (κ1) is 14.5. The van der Waals surface area contributed by atoms with Gasteiger partial charge in [-0.3, -0.25) is 9.48 Å². The van der Waals surface area contributed by atoms with E-state index in [-0.39, 0.29) is 5.91 Å². The Hall–Kier alpha value is -1.52. The largest absolute Gasteiger partial charge is 0.395 e. The molecule has 102 valence electrons. The molecule has 0 aliphatic rings. The molecule has 18 heavy (non-hydrogen) atoms. The van der Waals surface area contributed by atoms with Gasteiger partial charge in [0.1, 0.15) is 5.69 Å². The molecule has 0 fully saturated rings. The highest BCUT2D eigenvalue weighted by Crippen LogP contribution is 2.19. The average Bonchev–Trinajstić information content (AvgIpc) is 2.64. The van der Waals surface area contributed by atoms with Crippen molar-refractivity contribution < 1.29 is 4.79 Å². The van der Waals surface area contributed by atoms with Gasteiger partial charge >= 0.3 is 0 Å². The van der Waals surface area contributed by atoms with Crippen LogP contribution in [0.4, 0.5) is 5.69 Å². The van der Waals surface area contributed by atoms with E-state index in [0.29, 0.717) is 17.9 Å². The van der Waals surface area contributed by atoms with Gasteiger partial charge in [0.05, 0.1) is 11.4 Å². The number of unbranched alkanes of at least 4 members (excludes halogenated alkanes) is 1. The third-order valence-electron chi connectivity index (χ3n) is 3.15. The number of anilines is 1. The molecule has 0 bridgehead atoms. The number of aryl methyl sites for hydroxylation is 2. The highest BCUT2D eigenvalue weighted by Gasteiger charge is 2.22. The van der Waals surface area contributed by atoms with Crippen LogP contribution in [0.2, 0.25) is 0 Å². The Bertz CT molecular complexity index is 411. The molecule has 1 aromatic heterocycles. The number of rotatable bonds is 6. The summed E-state index contributed by atoms with van der Waals surface area (Å²) in [5, 5.41) is 4.29. The van der Waals surface area contributed by atoms with Gasteiger partial charge in [0, 0.05) is 20.1 Å². The number of amides is 1. The number of aromatic nitrogens is 2. The summed E-state index contributed by atoms with van der Waals surface area (Å²) in [7, 11) is 1.77. The number of nitrogens with zero attached hydrogens (tertiary/aromatic N) is 3. The highest BCUT2D eigenvalue weighted by atomic mass is 16.2. The Kier molecular flexibility index (Phi) is 5.19. The number of carbonyl (C=O) groups excluding carboxylic acids is 1. The molecule has 0 aliphatic heterocycles. The van der Waals surface area contributed by atoms with Crippen LogP contribution in [-0.4, -0.2) is 33.7 Å². The Morgan fingerprint density at radius 3 is 2.50 bits per heavy atom. The van der Waals surface area contributed by atoms with Gasteiger partial charge in [-0.1, -0.05) is 20.3 Å². The SMILES string of the molecule is CCCCN(CC)C(=O)c1c(N)c(CC)nn1C. The lowest BCUT2D eigenvalue weighted by Crippen LogP contribution is -2.33. The summed E-state index contributed by atoms with van der Waals surface area (Å²) in [5.74, 6) is -0.0156. The van der Waals surface area contributed by atoms with Crippen molar-refractivity contribution in [3.63, 3.8) is 0 Å². The first-order chi connectivity index (χ1) is 8.56. The van der Waals surface area contributed by atoms with Gasteiger partial charge in [0.2, 0.25) is 0 Å². The molecule has 5 nitrogen and oxygen atoms in total. The predicted octanol–water partition coefficient (Wildman–Crippen LogP) is 1.83. The molecular formula is C13H24N4O. The summed E-state index contributed by atoms with van der Waals surface area (Å²) in [5.41, 5.74) is 7.85. The second kappa shape index (κ2) is 6.42. The normalized spacial score (nSPS) is 10.7.